The number of aromatic nitrogens is 1. The smallest absolute Gasteiger partial charge is 0.111 e. The summed E-state index contributed by atoms with van der Waals surface area (Å²) in [6, 6.07) is 9.24. The molecule has 0 amide bonds. The molecule has 0 saturated carbocycles. The minimum Gasteiger partial charge on any atom is -0.308 e. The Hall–Kier alpha value is -1.19. The molecule has 0 bridgehead atoms. The molecule has 1 unspecified atom stereocenters. The second-order valence-electron chi connectivity index (χ2n) is 5.48. The zero-order valence-corrected chi connectivity index (χ0v) is 11.8. The monoisotopic (exact) mass is 270 g/mol. The molecule has 3 heteroatoms. The van der Waals surface area contributed by atoms with E-state index in [-0.39, 0.29) is 0 Å². The number of rotatable bonds is 1. The highest BCUT2D eigenvalue weighted by Crippen LogP contribution is 2.38. The van der Waals surface area contributed by atoms with Gasteiger partial charge in [0.25, 0.3) is 0 Å². The number of aryl methyl sites for hydroxylation is 2. The van der Waals surface area contributed by atoms with E-state index in [1.807, 2.05) is 11.3 Å². The highest BCUT2D eigenvalue weighted by Gasteiger charge is 2.24. The van der Waals surface area contributed by atoms with Crippen molar-refractivity contribution in [1.82, 2.24) is 10.3 Å². The van der Waals surface area contributed by atoms with Crippen molar-refractivity contribution >= 4 is 11.3 Å². The summed E-state index contributed by atoms with van der Waals surface area (Å²) in [5, 5.41) is 4.92. The minimum atomic E-state index is 0.497. The first-order valence-electron chi connectivity index (χ1n) is 7.23. The van der Waals surface area contributed by atoms with Gasteiger partial charge in [-0.05, 0) is 37.8 Å². The van der Waals surface area contributed by atoms with Crippen molar-refractivity contribution in [3.8, 4) is 11.3 Å². The van der Waals surface area contributed by atoms with E-state index in [1.165, 1.54) is 52.4 Å². The summed E-state index contributed by atoms with van der Waals surface area (Å²) in [6.45, 7) is 1.14. The van der Waals surface area contributed by atoms with Gasteiger partial charge in [0.05, 0.1) is 11.7 Å². The van der Waals surface area contributed by atoms with Gasteiger partial charge in [-0.15, -0.1) is 11.3 Å². The number of nitrogens with one attached hydrogen (secondary N) is 1. The fraction of sp³-hybridized carbons (Fsp3) is 0.438. The van der Waals surface area contributed by atoms with Gasteiger partial charge < -0.3 is 5.32 Å². The van der Waals surface area contributed by atoms with Crippen LogP contribution in [0.3, 0.4) is 0 Å². The summed E-state index contributed by atoms with van der Waals surface area (Å²) in [7, 11) is 0. The number of thiazole rings is 1. The summed E-state index contributed by atoms with van der Waals surface area (Å²) in [5.74, 6) is 0. The van der Waals surface area contributed by atoms with Gasteiger partial charge in [0, 0.05) is 10.4 Å². The molecule has 2 heterocycles. The van der Waals surface area contributed by atoms with Gasteiger partial charge >= 0.3 is 0 Å². The highest BCUT2D eigenvalue weighted by atomic mass is 32.1. The van der Waals surface area contributed by atoms with Crippen molar-refractivity contribution in [2.24, 2.45) is 0 Å². The van der Waals surface area contributed by atoms with Crippen LogP contribution in [0.4, 0.5) is 0 Å². The van der Waals surface area contributed by atoms with E-state index in [2.05, 4.69) is 29.6 Å². The lowest BCUT2D eigenvalue weighted by Gasteiger charge is -2.21. The normalized spacial score (nSPS) is 21.8. The maximum Gasteiger partial charge on any atom is 0.111 e. The number of nitrogens with zero attached hydrogens (tertiary/aromatic N) is 1. The van der Waals surface area contributed by atoms with E-state index >= 15 is 0 Å². The van der Waals surface area contributed by atoms with Crippen molar-refractivity contribution in [3.05, 3.63) is 39.7 Å². The molecule has 2 aromatic rings. The molecule has 0 radical (unpaired) electrons. The summed E-state index contributed by atoms with van der Waals surface area (Å²) in [4.78, 5) is 6.46. The van der Waals surface area contributed by atoms with Crippen LogP contribution in [0.2, 0.25) is 0 Å². The van der Waals surface area contributed by atoms with Gasteiger partial charge in [-0.2, -0.15) is 0 Å². The molecule has 1 aromatic heterocycles. The molecule has 1 fully saturated rings. The van der Waals surface area contributed by atoms with Gasteiger partial charge in [-0.1, -0.05) is 30.7 Å². The predicted octanol–water partition coefficient (Wildman–Crippen LogP) is 3.72. The van der Waals surface area contributed by atoms with Gasteiger partial charge in [0.1, 0.15) is 5.01 Å². The van der Waals surface area contributed by atoms with Crippen LogP contribution >= 0.6 is 11.3 Å². The van der Waals surface area contributed by atoms with E-state index in [0.717, 1.165) is 13.0 Å². The number of hydrogen-bond donors (Lipinski definition) is 1. The zero-order valence-electron chi connectivity index (χ0n) is 11.0. The summed E-state index contributed by atoms with van der Waals surface area (Å²) >= 11 is 1.93. The zero-order chi connectivity index (χ0) is 12.7. The number of fused-ring (bicyclic) bond motifs is 3. The van der Waals surface area contributed by atoms with Crippen LogP contribution in [0.5, 0.6) is 0 Å². The maximum atomic E-state index is 4.97. The fourth-order valence-electron chi connectivity index (χ4n) is 3.18. The van der Waals surface area contributed by atoms with Crippen molar-refractivity contribution in [2.75, 3.05) is 6.54 Å². The standard InChI is InChI=1S/C16H18N2S/c1-2-6-12-11(5-1)8-9-14-15(12)18-16(19-14)13-7-3-4-10-17-13/h1-2,5-6,13,17H,3-4,7-10H2. The van der Waals surface area contributed by atoms with Crippen LogP contribution in [-0.2, 0) is 12.8 Å². The number of hydrogen-bond acceptors (Lipinski definition) is 3. The van der Waals surface area contributed by atoms with Gasteiger partial charge in [-0.3, -0.25) is 0 Å². The molecular weight excluding hydrogens is 252 g/mol. The first kappa shape index (κ1) is 11.6. The summed E-state index contributed by atoms with van der Waals surface area (Å²) < 4.78 is 0. The second kappa shape index (κ2) is 4.73. The number of benzene rings is 1. The first-order chi connectivity index (χ1) is 9.42. The molecule has 1 aliphatic carbocycles. The third kappa shape index (κ3) is 2.01. The predicted molar refractivity (Wildman–Crippen MR) is 79.6 cm³/mol. The molecule has 1 atom stereocenters. The lowest BCUT2D eigenvalue weighted by Crippen LogP contribution is -2.26. The average Bonchev–Trinajstić information content (AvgIpc) is 2.93. The minimum absolute atomic E-state index is 0.497. The van der Waals surface area contributed by atoms with Gasteiger partial charge in [-0.25, -0.2) is 4.98 Å². The van der Waals surface area contributed by atoms with Crippen molar-refractivity contribution in [2.45, 2.75) is 38.1 Å². The third-order valence-corrected chi connectivity index (χ3v) is 5.44. The third-order valence-electron chi connectivity index (χ3n) is 4.22. The molecule has 19 heavy (non-hydrogen) atoms. The Morgan fingerprint density at radius 3 is 3.00 bits per heavy atom. The molecule has 98 valence electrons. The molecule has 4 rings (SSSR count). The van der Waals surface area contributed by atoms with Crippen LogP contribution in [-0.4, -0.2) is 11.5 Å². The largest absolute Gasteiger partial charge is 0.308 e. The van der Waals surface area contributed by atoms with Crippen LogP contribution in [0.25, 0.3) is 11.3 Å². The molecule has 1 aromatic carbocycles. The Kier molecular flexibility index (Phi) is 2.89. The van der Waals surface area contributed by atoms with Gasteiger partial charge in [0.15, 0.2) is 0 Å². The van der Waals surface area contributed by atoms with E-state index in [0.29, 0.717) is 6.04 Å². The molecule has 1 saturated heterocycles. The Morgan fingerprint density at radius 1 is 1.16 bits per heavy atom. The van der Waals surface area contributed by atoms with E-state index < -0.39 is 0 Å². The molecule has 1 N–H and O–H groups in total. The fourth-order valence-corrected chi connectivity index (χ4v) is 4.37. The Morgan fingerprint density at radius 2 is 2.11 bits per heavy atom. The summed E-state index contributed by atoms with van der Waals surface area (Å²) in [6.07, 6.45) is 6.22. The van der Waals surface area contributed by atoms with Gasteiger partial charge in [0.2, 0.25) is 0 Å². The molecule has 2 aliphatic rings. The Balaban J connectivity index is 1.74. The summed E-state index contributed by atoms with van der Waals surface area (Å²) in [5.41, 5.74) is 4.08. The van der Waals surface area contributed by atoms with Crippen molar-refractivity contribution in [3.63, 3.8) is 0 Å². The average molecular weight is 270 g/mol. The lowest BCUT2D eigenvalue weighted by atomic mass is 9.94. The first-order valence-corrected chi connectivity index (χ1v) is 8.05. The Bertz CT molecular complexity index is 597. The van der Waals surface area contributed by atoms with Crippen molar-refractivity contribution in [1.29, 1.82) is 0 Å². The highest BCUT2D eigenvalue weighted by molar-refractivity contribution is 7.12. The van der Waals surface area contributed by atoms with E-state index in [9.17, 15) is 0 Å². The van der Waals surface area contributed by atoms with Crippen molar-refractivity contribution < 1.29 is 0 Å². The van der Waals surface area contributed by atoms with Crippen LogP contribution in [0, 0.1) is 0 Å². The topological polar surface area (TPSA) is 24.9 Å². The van der Waals surface area contributed by atoms with Crippen LogP contribution < -0.4 is 5.32 Å². The lowest BCUT2D eigenvalue weighted by molar-refractivity contribution is 0.411. The number of piperidine rings is 1. The van der Waals surface area contributed by atoms with Crippen LogP contribution in [0.15, 0.2) is 24.3 Å². The van der Waals surface area contributed by atoms with Crippen LogP contribution in [0.1, 0.15) is 40.8 Å². The quantitative estimate of drug-likeness (QED) is 0.854. The SMILES string of the molecule is c1ccc2c(c1)CCc1sc(C3CCCCN3)nc1-2. The van der Waals surface area contributed by atoms with E-state index in [4.69, 9.17) is 4.98 Å². The Labute approximate surface area is 117 Å². The molecule has 0 spiro atoms. The maximum absolute atomic E-state index is 4.97. The molecule has 2 nitrogen and oxygen atoms in total. The molecular formula is C16H18N2S. The van der Waals surface area contributed by atoms with E-state index in [1.54, 1.807) is 0 Å². The molecule has 1 aliphatic heterocycles. The second-order valence-corrected chi connectivity index (χ2v) is 6.60.